The van der Waals surface area contributed by atoms with Crippen molar-refractivity contribution in [2.45, 2.75) is 30.7 Å². The molecule has 0 bridgehead atoms. The van der Waals surface area contributed by atoms with Crippen molar-refractivity contribution in [3.63, 3.8) is 0 Å². The highest BCUT2D eigenvalue weighted by molar-refractivity contribution is 7.89. The van der Waals surface area contributed by atoms with Crippen LogP contribution in [0.5, 0.6) is 0 Å². The van der Waals surface area contributed by atoms with E-state index in [4.69, 9.17) is 4.98 Å². The van der Waals surface area contributed by atoms with Crippen LogP contribution >= 0.6 is 0 Å². The molecule has 1 amide bonds. The predicted molar refractivity (Wildman–Crippen MR) is 187 cm³/mol. The van der Waals surface area contributed by atoms with Crippen molar-refractivity contribution >= 4 is 44.8 Å². The van der Waals surface area contributed by atoms with Crippen molar-refractivity contribution < 1.29 is 13.2 Å². The van der Waals surface area contributed by atoms with Crippen molar-refractivity contribution in [3.8, 4) is 0 Å². The average molecular weight is 682 g/mol. The molecule has 0 atom stereocenters. The summed E-state index contributed by atoms with van der Waals surface area (Å²) in [7, 11) is -3.85. The molecule has 0 saturated carbocycles. The SMILES string of the molecule is O=C(Nc1nc(NCCCN2CCCC2)c2ncn(Cc3ccccc3)c2n1)c1cccc(S(=O)(=O)N2CCN(c3ncccn3)CC2)c1. The number of anilines is 3. The number of nitrogens with one attached hydrogen (secondary N) is 2. The zero-order valence-corrected chi connectivity index (χ0v) is 28.0. The molecule has 254 valence electrons. The fourth-order valence-corrected chi connectivity index (χ4v) is 7.71. The van der Waals surface area contributed by atoms with Crippen LogP contribution in [0.2, 0.25) is 0 Å². The van der Waals surface area contributed by atoms with Crippen molar-refractivity contribution in [3.05, 3.63) is 90.5 Å². The number of carbonyl (C=O) groups is 1. The molecule has 2 N–H and O–H groups in total. The fourth-order valence-electron chi connectivity index (χ4n) is 6.24. The molecule has 0 aliphatic carbocycles. The Morgan fingerprint density at radius 2 is 1.61 bits per heavy atom. The minimum absolute atomic E-state index is 0.0437. The van der Waals surface area contributed by atoms with Gasteiger partial charge < -0.3 is 19.7 Å². The van der Waals surface area contributed by atoms with E-state index >= 15 is 0 Å². The Bertz CT molecular complexity index is 1990. The first-order valence-electron chi connectivity index (χ1n) is 16.6. The molecule has 0 radical (unpaired) electrons. The standard InChI is InChI=1S/C34H39N11O3S/c46-32(27-11-6-12-28(23-27)49(47,48)45-21-19-43(20-22-45)34-36-13-7-14-37-34)41-33-39-30(35-15-8-18-42-16-4-5-17-42)29-31(40-33)44(25-38-29)24-26-9-2-1-3-10-26/h1-3,6-7,9-14,23,25H,4-5,8,15-22,24H2,(H2,35,39,40,41,46). The topological polar surface area (TPSA) is 154 Å². The Morgan fingerprint density at radius 3 is 2.39 bits per heavy atom. The number of aromatic nitrogens is 6. The Balaban J connectivity index is 1.08. The molecule has 2 aliphatic rings. The summed E-state index contributed by atoms with van der Waals surface area (Å²) in [6.45, 7) is 5.98. The second-order valence-corrected chi connectivity index (χ2v) is 14.1. The van der Waals surface area contributed by atoms with Gasteiger partial charge in [-0.2, -0.15) is 14.3 Å². The molecule has 5 heterocycles. The minimum atomic E-state index is -3.85. The van der Waals surface area contributed by atoms with E-state index in [2.05, 4.69) is 35.5 Å². The van der Waals surface area contributed by atoms with Gasteiger partial charge in [-0.25, -0.2) is 23.4 Å². The molecule has 0 unspecified atom stereocenters. The van der Waals surface area contributed by atoms with Crippen LogP contribution in [0.15, 0.2) is 84.3 Å². The number of likely N-dealkylation sites (tertiary alicyclic amines) is 1. The van der Waals surface area contributed by atoms with Crippen LogP contribution in [0.1, 0.15) is 35.2 Å². The lowest BCUT2D eigenvalue weighted by atomic mass is 10.2. The third kappa shape index (κ3) is 7.53. The highest BCUT2D eigenvalue weighted by Crippen LogP contribution is 2.24. The minimum Gasteiger partial charge on any atom is -0.368 e. The van der Waals surface area contributed by atoms with Gasteiger partial charge in [-0.05, 0) is 68.7 Å². The number of rotatable bonds is 12. The zero-order valence-electron chi connectivity index (χ0n) is 27.1. The number of carbonyl (C=O) groups excluding carboxylic acids is 1. The molecule has 49 heavy (non-hydrogen) atoms. The second kappa shape index (κ2) is 14.6. The van der Waals surface area contributed by atoms with Gasteiger partial charge in [0.25, 0.3) is 5.91 Å². The van der Waals surface area contributed by atoms with Gasteiger partial charge in [0.1, 0.15) is 0 Å². The summed E-state index contributed by atoms with van der Waals surface area (Å²) in [4.78, 5) is 40.5. The third-order valence-corrected chi connectivity index (χ3v) is 10.7. The van der Waals surface area contributed by atoms with E-state index in [-0.39, 0.29) is 29.5 Å². The number of piperazine rings is 1. The smallest absolute Gasteiger partial charge is 0.258 e. The van der Waals surface area contributed by atoms with Crippen LogP contribution in [0, 0.1) is 0 Å². The van der Waals surface area contributed by atoms with Crippen molar-refractivity contribution in [2.75, 3.05) is 67.9 Å². The third-order valence-electron chi connectivity index (χ3n) is 8.83. The fraction of sp³-hybridized carbons (Fsp3) is 0.353. The van der Waals surface area contributed by atoms with Crippen LogP contribution in [0.4, 0.5) is 17.7 Å². The van der Waals surface area contributed by atoms with Gasteiger partial charge >= 0.3 is 0 Å². The highest BCUT2D eigenvalue weighted by Gasteiger charge is 2.30. The van der Waals surface area contributed by atoms with Crippen molar-refractivity contribution in [1.29, 1.82) is 0 Å². The number of nitrogens with zero attached hydrogens (tertiary/aromatic N) is 9. The molecule has 5 aromatic rings. The van der Waals surface area contributed by atoms with Gasteiger partial charge in [-0.15, -0.1) is 0 Å². The molecule has 0 spiro atoms. The van der Waals surface area contributed by atoms with Crippen molar-refractivity contribution in [1.82, 2.24) is 38.7 Å². The maximum absolute atomic E-state index is 13.6. The van der Waals surface area contributed by atoms with Gasteiger partial charge in [-0.1, -0.05) is 36.4 Å². The first-order chi connectivity index (χ1) is 23.9. The molecule has 3 aromatic heterocycles. The Labute approximate surface area is 285 Å². The molecule has 2 fully saturated rings. The van der Waals surface area contributed by atoms with E-state index in [1.807, 2.05) is 39.8 Å². The van der Waals surface area contributed by atoms with E-state index in [1.54, 1.807) is 36.9 Å². The van der Waals surface area contributed by atoms with Crippen LogP contribution in [0.25, 0.3) is 11.2 Å². The maximum atomic E-state index is 13.6. The van der Waals surface area contributed by atoms with Gasteiger partial charge in [0.2, 0.25) is 21.9 Å². The van der Waals surface area contributed by atoms with Gasteiger partial charge in [-0.3, -0.25) is 10.1 Å². The average Bonchev–Trinajstić information content (AvgIpc) is 3.81. The summed E-state index contributed by atoms with van der Waals surface area (Å²) < 4.78 is 30.6. The molecular formula is C34H39N11O3S. The lowest BCUT2D eigenvalue weighted by molar-refractivity contribution is 0.102. The summed E-state index contributed by atoms with van der Waals surface area (Å²) in [6, 6.07) is 17.8. The Kier molecular flexibility index (Phi) is 9.72. The van der Waals surface area contributed by atoms with Crippen LogP contribution in [-0.2, 0) is 16.6 Å². The molecule has 15 heteroatoms. The lowest BCUT2D eigenvalue weighted by Gasteiger charge is -2.33. The first-order valence-corrected chi connectivity index (χ1v) is 18.0. The summed E-state index contributed by atoms with van der Waals surface area (Å²) >= 11 is 0. The summed E-state index contributed by atoms with van der Waals surface area (Å²) in [5, 5.41) is 6.23. The number of fused-ring (bicyclic) bond motifs is 1. The van der Waals surface area contributed by atoms with Crippen LogP contribution in [-0.4, -0.2) is 105 Å². The number of amides is 1. The number of hydrogen-bond donors (Lipinski definition) is 2. The van der Waals surface area contributed by atoms with Crippen molar-refractivity contribution in [2.24, 2.45) is 0 Å². The predicted octanol–water partition coefficient (Wildman–Crippen LogP) is 3.33. The zero-order chi connectivity index (χ0) is 33.6. The molecule has 2 saturated heterocycles. The lowest BCUT2D eigenvalue weighted by Crippen LogP contribution is -2.49. The van der Waals surface area contributed by atoms with E-state index in [1.165, 1.54) is 29.3 Å². The van der Waals surface area contributed by atoms with Crippen LogP contribution < -0.4 is 15.5 Å². The quantitative estimate of drug-likeness (QED) is 0.187. The van der Waals surface area contributed by atoms with E-state index in [9.17, 15) is 13.2 Å². The van der Waals surface area contributed by atoms with Gasteiger partial charge in [0, 0.05) is 50.7 Å². The van der Waals surface area contributed by atoms with Gasteiger partial charge in [0.05, 0.1) is 17.8 Å². The Hall–Kier alpha value is -4.99. The number of imidazole rings is 1. The summed E-state index contributed by atoms with van der Waals surface area (Å²) in [6.07, 6.45) is 8.50. The number of hydrogen-bond acceptors (Lipinski definition) is 11. The van der Waals surface area contributed by atoms with E-state index in [0.717, 1.165) is 31.6 Å². The van der Waals surface area contributed by atoms with E-state index < -0.39 is 15.9 Å². The summed E-state index contributed by atoms with van der Waals surface area (Å²) in [5.41, 5.74) is 2.45. The molecule has 2 aliphatic heterocycles. The van der Waals surface area contributed by atoms with E-state index in [0.29, 0.717) is 49.1 Å². The maximum Gasteiger partial charge on any atom is 0.258 e. The molecule has 14 nitrogen and oxygen atoms in total. The van der Waals surface area contributed by atoms with Crippen LogP contribution in [0.3, 0.4) is 0 Å². The highest BCUT2D eigenvalue weighted by atomic mass is 32.2. The second-order valence-electron chi connectivity index (χ2n) is 12.2. The Morgan fingerprint density at radius 1 is 0.837 bits per heavy atom. The summed E-state index contributed by atoms with van der Waals surface area (Å²) in [5.74, 6) is 0.686. The normalized spacial score (nSPS) is 15.9. The monoisotopic (exact) mass is 681 g/mol. The molecule has 7 rings (SSSR count). The molecular weight excluding hydrogens is 643 g/mol. The van der Waals surface area contributed by atoms with Gasteiger partial charge in [0.15, 0.2) is 17.0 Å². The number of sulfonamides is 1. The number of benzene rings is 2. The largest absolute Gasteiger partial charge is 0.368 e. The molecule has 2 aromatic carbocycles. The first kappa shape index (κ1) is 32.6.